The summed E-state index contributed by atoms with van der Waals surface area (Å²) < 4.78 is 2.11. The van der Waals surface area contributed by atoms with E-state index in [0.29, 0.717) is 17.3 Å². The van der Waals surface area contributed by atoms with Crippen LogP contribution in [0, 0.1) is 0 Å². The van der Waals surface area contributed by atoms with Crippen LogP contribution in [0.1, 0.15) is 70.3 Å². The van der Waals surface area contributed by atoms with Crippen molar-refractivity contribution in [3.8, 4) is 0 Å². The van der Waals surface area contributed by atoms with Gasteiger partial charge in [-0.15, -0.1) is 0 Å². The summed E-state index contributed by atoms with van der Waals surface area (Å²) >= 11 is 0. The van der Waals surface area contributed by atoms with E-state index in [2.05, 4.69) is 56.0 Å². The molecule has 6 nitrogen and oxygen atoms in total. The highest BCUT2D eigenvalue weighted by atomic mass is 15.2. The van der Waals surface area contributed by atoms with Gasteiger partial charge in [0.05, 0.1) is 6.33 Å². The third-order valence-corrected chi connectivity index (χ3v) is 5.51. The SMILES string of the molecule is CCCCCCCCCCn1cnc2c(N)nc(NCCCc3ccccc3)nc21. The molecule has 0 saturated heterocycles. The molecule has 0 radical (unpaired) electrons. The Balaban J connectivity index is 1.46. The molecule has 0 aliphatic heterocycles. The number of rotatable bonds is 14. The lowest BCUT2D eigenvalue weighted by molar-refractivity contribution is 0.547. The van der Waals surface area contributed by atoms with Gasteiger partial charge in [-0.3, -0.25) is 0 Å². The van der Waals surface area contributed by atoms with Crippen molar-refractivity contribution in [3.05, 3.63) is 42.2 Å². The standard InChI is InChI=1S/C24H36N6/c1-2-3-4-5-6-7-8-12-18-30-19-27-21-22(25)28-24(29-23(21)30)26-17-13-16-20-14-10-9-11-15-20/h9-11,14-15,19H,2-8,12-13,16-18H2,1H3,(H3,25,26,28,29). The van der Waals surface area contributed by atoms with Crippen LogP contribution < -0.4 is 11.1 Å². The van der Waals surface area contributed by atoms with Crippen LogP contribution in [0.5, 0.6) is 0 Å². The predicted molar refractivity (Wildman–Crippen MR) is 126 cm³/mol. The first-order valence-electron chi connectivity index (χ1n) is 11.5. The second-order valence-corrected chi connectivity index (χ2v) is 8.03. The van der Waals surface area contributed by atoms with E-state index in [0.717, 1.165) is 38.0 Å². The molecule has 0 bridgehead atoms. The molecule has 0 spiro atoms. The number of nitrogen functional groups attached to an aromatic ring is 1. The van der Waals surface area contributed by atoms with Gasteiger partial charge in [-0.05, 0) is 24.8 Å². The second-order valence-electron chi connectivity index (χ2n) is 8.03. The largest absolute Gasteiger partial charge is 0.382 e. The van der Waals surface area contributed by atoms with Gasteiger partial charge in [0.15, 0.2) is 11.5 Å². The topological polar surface area (TPSA) is 81.7 Å². The Labute approximate surface area is 180 Å². The number of fused-ring (bicyclic) bond motifs is 1. The fourth-order valence-corrected chi connectivity index (χ4v) is 3.76. The van der Waals surface area contributed by atoms with Gasteiger partial charge < -0.3 is 15.6 Å². The summed E-state index contributed by atoms with van der Waals surface area (Å²) in [4.78, 5) is 13.5. The molecule has 3 rings (SSSR count). The van der Waals surface area contributed by atoms with Crippen LogP contribution in [-0.4, -0.2) is 26.1 Å². The molecular formula is C24H36N6. The van der Waals surface area contributed by atoms with Crippen LogP contribution in [0.3, 0.4) is 0 Å². The molecule has 1 aromatic carbocycles. The molecule has 0 atom stereocenters. The van der Waals surface area contributed by atoms with E-state index in [1.165, 1.54) is 50.5 Å². The molecule has 0 fully saturated rings. The third kappa shape index (κ3) is 6.71. The predicted octanol–water partition coefficient (Wildman–Crippen LogP) is 5.59. The van der Waals surface area contributed by atoms with Gasteiger partial charge in [0.1, 0.15) is 5.52 Å². The van der Waals surface area contributed by atoms with E-state index < -0.39 is 0 Å². The summed E-state index contributed by atoms with van der Waals surface area (Å²) in [5.41, 5.74) is 9.01. The molecule has 0 amide bonds. The Bertz CT molecular complexity index is 874. The number of hydrogen-bond acceptors (Lipinski definition) is 5. The third-order valence-electron chi connectivity index (χ3n) is 5.51. The van der Waals surface area contributed by atoms with E-state index in [9.17, 15) is 0 Å². The fourth-order valence-electron chi connectivity index (χ4n) is 3.76. The molecule has 2 aromatic heterocycles. The first-order chi connectivity index (χ1) is 14.8. The van der Waals surface area contributed by atoms with Gasteiger partial charge in [-0.2, -0.15) is 9.97 Å². The minimum absolute atomic E-state index is 0.445. The van der Waals surface area contributed by atoms with Crippen molar-refractivity contribution in [3.63, 3.8) is 0 Å². The van der Waals surface area contributed by atoms with E-state index in [1.54, 1.807) is 0 Å². The molecule has 0 unspecified atom stereocenters. The van der Waals surface area contributed by atoms with Gasteiger partial charge >= 0.3 is 0 Å². The maximum atomic E-state index is 6.13. The summed E-state index contributed by atoms with van der Waals surface area (Å²) in [5, 5.41) is 3.32. The monoisotopic (exact) mass is 408 g/mol. The van der Waals surface area contributed by atoms with E-state index in [-0.39, 0.29) is 0 Å². The van der Waals surface area contributed by atoms with Crippen molar-refractivity contribution in [2.45, 2.75) is 77.7 Å². The lowest BCUT2D eigenvalue weighted by Gasteiger charge is -2.08. The molecule has 6 heteroatoms. The molecule has 0 aliphatic carbocycles. The van der Waals surface area contributed by atoms with Gasteiger partial charge in [0.25, 0.3) is 0 Å². The van der Waals surface area contributed by atoms with Crippen molar-refractivity contribution in [1.29, 1.82) is 0 Å². The summed E-state index contributed by atoms with van der Waals surface area (Å²) in [7, 11) is 0. The molecule has 30 heavy (non-hydrogen) atoms. The van der Waals surface area contributed by atoms with Crippen molar-refractivity contribution in [2.24, 2.45) is 0 Å². The molecular weight excluding hydrogens is 372 g/mol. The zero-order chi connectivity index (χ0) is 21.0. The average molecular weight is 409 g/mol. The zero-order valence-electron chi connectivity index (χ0n) is 18.3. The lowest BCUT2D eigenvalue weighted by Crippen LogP contribution is -2.09. The Kier molecular flexibility index (Phi) is 8.94. The quantitative estimate of drug-likeness (QED) is 0.340. The van der Waals surface area contributed by atoms with Crippen LogP contribution in [0.15, 0.2) is 36.7 Å². The maximum absolute atomic E-state index is 6.13. The van der Waals surface area contributed by atoms with Crippen LogP contribution >= 0.6 is 0 Å². The first kappa shape index (κ1) is 22.1. The second kappa shape index (κ2) is 12.2. The molecule has 2 heterocycles. The van der Waals surface area contributed by atoms with Crippen molar-refractivity contribution < 1.29 is 0 Å². The van der Waals surface area contributed by atoms with Crippen molar-refractivity contribution >= 4 is 22.9 Å². The molecule has 3 N–H and O–H groups in total. The number of nitrogens with one attached hydrogen (secondary N) is 1. The van der Waals surface area contributed by atoms with Crippen LogP contribution in [-0.2, 0) is 13.0 Å². The van der Waals surface area contributed by atoms with Gasteiger partial charge in [-0.25, -0.2) is 4.98 Å². The highest BCUT2D eigenvalue weighted by molar-refractivity contribution is 5.82. The number of anilines is 2. The lowest BCUT2D eigenvalue weighted by atomic mass is 10.1. The first-order valence-corrected chi connectivity index (χ1v) is 11.5. The van der Waals surface area contributed by atoms with Gasteiger partial charge in [-0.1, -0.05) is 82.2 Å². The van der Waals surface area contributed by atoms with E-state index >= 15 is 0 Å². The fraction of sp³-hybridized carbons (Fsp3) is 0.542. The Morgan fingerprint density at radius 1 is 0.900 bits per heavy atom. The van der Waals surface area contributed by atoms with Crippen molar-refractivity contribution in [1.82, 2.24) is 19.5 Å². The highest BCUT2D eigenvalue weighted by Crippen LogP contribution is 2.19. The summed E-state index contributed by atoms with van der Waals surface area (Å²) in [6.07, 6.45) is 14.3. The Hall–Kier alpha value is -2.63. The number of benzene rings is 1. The Morgan fingerprint density at radius 3 is 2.40 bits per heavy atom. The minimum atomic E-state index is 0.445. The summed E-state index contributed by atoms with van der Waals surface area (Å²) in [5.74, 6) is 1.03. The smallest absolute Gasteiger partial charge is 0.226 e. The minimum Gasteiger partial charge on any atom is -0.382 e. The summed E-state index contributed by atoms with van der Waals surface area (Å²) in [6.45, 7) is 4.00. The number of aromatic nitrogens is 4. The number of hydrogen-bond donors (Lipinski definition) is 2. The van der Waals surface area contributed by atoms with Crippen molar-refractivity contribution in [2.75, 3.05) is 17.6 Å². The molecule has 162 valence electrons. The normalized spacial score (nSPS) is 11.2. The maximum Gasteiger partial charge on any atom is 0.226 e. The van der Waals surface area contributed by atoms with Crippen LogP contribution in [0.2, 0.25) is 0 Å². The average Bonchev–Trinajstić information content (AvgIpc) is 3.17. The van der Waals surface area contributed by atoms with Crippen LogP contribution in [0.4, 0.5) is 11.8 Å². The number of aryl methyl sites for hydroxylation is 2. The Morgan fingerprint density at radius 2 is 1.63 bits per heavy atom. The number of imidazole rings is 1. The summed E-state index contributed by atoms with van der Waals surface area (Å²) in [6, 6.07) is 10.5. The van der Waals surface area contributed by atoms with E-state index in [1.807, 2.05) is 12.4 Å². The number of nitrogens with two attached hydrogens (primary N) is 1. The highest BCUT2D eigenvalue weighted by Gasteiger charge is 2.11. The molecule has 3 aromatic rings. The van der Waals surface area contributed by atoms with Crippen LogP contribution in [0.25, 0.3) is 11.2 Å². The molecule has 0 saturated carbocycles. The number of nitrogens with zero attached hydrogens (tertiary/aromatic N) is 4. The van der Waals surface area contributed by atoms with Gasteiger partial charge in [0, 0.05) is 13.1 Å². The molecule has 0 aliphatic rings. The number of unbranched alkanes of at least 4 members (excludes halogenated alkanes) is 7. The van der Waals surface area contributed by atoms with E-state index in [4.69, 9.17) is 5.73 Å². The zero-order valence-corrected chi connectivity index (χ0v) is 18.3. The van der Waals surface area contributed by atoms with Gasteiger partial charge in [0.2, 0.25) is 5.95 Å².